The van der Waals surface area contributed by atoms with E-state index in [1.807, 2.05) is 18.2 Å². The van der Waals surface area contributed by atoms with Gasteiger partial charge in [0.15, 0.2) is 0 Å². The average molecular weight is 404 g/mol. The molecule has 0 unspecified atom stereocenters. The van der Waals surface area contributed by atoms with Crippen LogP contribution in [0.4, 0.5) is 5.69 Å². The van der Waals surface area contributed by atoms with Crippen molar-refractivity contribution in [1.82, 2.24) is 4.90 Å². The molecule has 0 bridgehead atoms. The minimum Gasteiger partial charge on any atom is -0.497 e. The van der Waals surface area contributed by atoms with E-state index >= 15 is 0 Å². The molecule has 0 aromatic heterocycles. The average Bonchev–Trinajstić information content (AvgIpc) is 2.79. The van der Waals surface area contributed by atoms with Crippen LogP contribution in [0.5, 0.6) is 11.5 Å². The van der Waals surface area contributed by atoms with Crippen molar-refractivity contribution in [2.75, 3.05) is 26.6 Å². The van der Waals surface area contributed by atoms with Crippen LogP contribution in [0.1, 0.15) is 26.3 Å². The summed E-state index contributed by atoms with van der Waals surface area (Å²) in [5, 5.41) is 2.84. The van der Waals surface area contributed by atoms with Gasteiger partial charge in [-0.05, 0) is 36.4 Å². The lowest BCUT2D eigenvalue weighted by Crippen LogP contribution is -2.27. The lowest BCUT2D eigenvalue weighted by Gasteiger charge is -2.21. The maximum absolute atomic E-state index is 13.1. The van der Waals surface area contributed by atoms with E-state index in [1.165, 1.54) is 0 Å². The Morgan fingerprint density at radius 2 is 1.60 bits per heavy atom. The van der Waals surface area contributed by atoms with E-state index in [1.54, 1.807) is 80.8 Å². The number of nitrogens with zero attached hydrogens (tertiary/aromatic N) is 1. The number of benzene rings is 3. The highest BCUT2D eigenvalue weighted by atomic mass is 16.5. The zero-order chi connectivity index (χ0) is 21.5. The standard InChI is InChI=1S/C24H24N2O4/c1-26(16-18-13-14-19(29-2)15-22(18)30-3)24(28)20-11-7-8-12-21(20)25-23(27)17-9-5-4-6-10-17/h4-15H,16H2,1-3H3,(H,25,27). The zero-order valence-electron chi connectivity index (χ0n) is 17.2. The first kappa shape index (κ1) is 20.9. The Bertz CT molecular complexity index is 1030. The van der Waals surface area contributed by atoms with Crippen LogP contribution in [0.25, 0.3) is 0 Å². The van der Waals surface area contributed by atoms with Gasteiger partial charge in [-0.25, -0.2) is 0 Å². The normalized spacial score (nSPS) is 10.2. The summed E-state index contributed by atoms with van der Waals surface area (Å²) in [5.41, 5.74) is 2.25. The first-order chi connectivity index (χ1) is 14.5. The van der Waals surface area contributed by atoms with Crippen molar-refractivity contribution in [3.05, 3.63) is 89.5 Å². The lowest BCUT2D eigenvalue weighted by molar-refractivity contribution is 0.0785. The molecule has 0 atom stereocenters. The number of methoxy groups -OCH3 is 2. The largest absolute Gasteiger partial charge is 0.497 e. The summed E-state index contributed by atoms with van der Waals surface area (Å²) < 4.78 is 10.6. The van der Waals surface area contributed by atoms with Gasteiger partial charge in [-0.2, -0.15) is 0 Å². The van der Waals surface area contributed by atoms with Gasteiger partial charge in [0.25, 0.3) is 11.8 Å². The molecule has 0 heterocycles. The van der Waals surface area contributed by atoms with Crippen LogP contribution >= 0.6 is 0 Å². The van der Waals surface area contributed by atoms with Crippen LogP contribution in [-0.4, -0.2) is 38.0 Å². The molecule has 3 rings (SSSR count). The van der Waals surface area contributed by atoms with E-state index in [9.17, 15) is 9.59 Å². The highest BCUT2D eigenvalue weighted by Crippen LogP contribution is 2.26. The van der Waals surface area contributed by atoms with Crippen LogP contribution < -0.4 is 14.8 Å². The van der Waals surface area contributed by atoms with Crippen LogP contribution in [-0.2, 0) is 6.54 Å². The highest BCUT2D eigenvalue weighted by Gasteiger charge is 2.19. The van der Waals surface area contributed by atoms with Crippen molar-refractivity contribution >= 4 is 17.5 Å². The van der Waals surface area contributed by atoms with E-state index in [4.69, 9.17) is 9.47 Å². The zero-order valence-corrected chi connectivity index (χ0v) is 17.2. The third-order valence-corrected chi connectivity index (χ3v) is 4.69. The van der Waals surface area contributed by atoms with Crippen LogP contribution in [0.15, 0.2) is 72.8 Å². The molecule has 6 heteroatoms. The number of hydrogen-bond donors (Lipinski definition) is 1. The molecule has 6 nitrogen and oxygen atoms in total. The molecule has 0 radical (unpaired) electrons. The smallest absolute Gasteiger partial charge is 0.256 e. The third kappa shape index (κ3) is 4.78. The molecule has 0 aliphatic rings. The van der Waals surface area contributed by atoms with E-state index in [-0.39, 0.29) is 11.8 Å². The first-order valence-electron chi connectivity index (χ1n) is 9.45. The van der Waals surface area contributed by atoms with Gasteiger partial charge in [-0.15, -0.1) is 0 Å². The predicted molar refractivity (Wildman–Crippen MR) is 116 cm³/mol. The molecule has 1 N–H and O–H groups in total. The summed E-state index contributed by atoms with van der Waals surface area (Å²) in [6.45, 7) is 0.340. The lowest BCUT2D eigenvalue weighted by atomic mass is 10.1. The summed E-state index contributed by atoms with van der Waals surface area (Å²) in [4.78, 5) is 27.2. The van der Waals surface area contributed by atoms with Crippen molar-refractivity contribution in [2.45, 2.75) is 6.54 Å². The molecule has 3 aromatic carbocycles. The molecule has 3 aromatic rings. The predicted octanol–water partition coefficient (Wildman–Crippen LogP) is 4.23. The van der Waals surface area contributed by atoms with Crippen molar-refractivity contribution in [3.63, 3.8) is 0 Å². The summed E-state index contributed by atoms with van der Waals surface area (Å²) in [5.74, 6) is 0.838. The molecular weight excluding hydrogens is 380 g/mol. The van der Waals surface area contributed by atoms with Gasteiger partial charge in [-0.1, -0.05) is 30.3 Å². The minimum absolute atomic E-state index is 0.211. The van der Waals surface area contributed by atoms with Crippen LogP contribution in [0, 0.1) is 0 Å². The number of ether oxygens (including phenoxy) is 2. The van der Waals surface area contributed by atoms with Gasteiger partial charge < -0.3 is 19.7 Å². The molecule has 2 amide bonds. The first-order valence-corrected chi connectivity index (χ1v) is 9.45. The molecule has 0 aliphatic carbocycles. The Kier molecular flexibility index (Phi) is 6.70. The molecule has 0 aliphatic heterocycles. The number of hydrogen-bond acceptors (Lipinski definition) is 4. The highest BCUT2D eigenvalue weighted by molar-refractivity contribution is 6.08. The molecule has 0 spiro atoms. The number of anilines is 1. The molecular formula is C24H24N2O4. The van der Waals surface area contributed by atoms with Crippen molar-refractivity contribution < 1.29 is 19.1 Å². The second-order valence-corrected chi connectivity index (χ2v) is 6.70. The minimum atomic E-state index is -0.268. The Morgan fingerprint density at radius 3 is 2.30 bits per heavy atom. The fraction of sp³-hybridized carbons (Fsp3) is 0.167. The van der Waals surface area contributed by atoms with Crippen molar-refractivity contribution in [3.8, 4) is 11.5 Å². The number of carbonyl (C=O) groups is 2. The van der Waals surface area contributed by atoms with Crippen molar-refractivity contribution in [1.29, 1.82) is 0 Å². The fourth-order valence-corrected chi connectivity index (χ4v) is 3.08. The maximum Gasteiger partial charge on any atom is 0.256 e. The maximum atomic E-state index is 13.1. The second kappa shape index (κ2) is 9.60. The Balaban J connectivity index is 1.79. The number of rotatable bonds is 7. The summed E-state index contributed by atoms with van der Waals surface area (Å²) in [7, 11) is 4.88. The van der Waals surface area contributed by atoms with E-state index in [0.717, 1.165) is 5.56 Å². The molecule has 0 fully saturated rings. The molecule has 0 saturated heterocycles. The summed E-state index contributed by atoms with van der Waals surface area (Å²) >= 11 is 0. The second-order valence-electron chi connectivity index (χ2n) is 6.70. The van der Waals surface area contributed by atoms with Gasteiger partial charge in [0.05, 0.1) is 25.5 Å². The molecule has 154 valence electrons. The SMILES string of the molecule is COc1ccc(CN(C)C(=O)c2ccccc2NC(=O)c2ccccc2)c(OC)c1. The fourth-order valence-electron chi connectivity index (χ4n) is 3.08. The molecule has 30 heavy (non-hydrogen) atoms. The quantitative estimate of drug-likeness (QED) is 0.640. The number of para-hydroxylation sites is 1. The van der Waals surface area contributed by atoms with Gasteiger partial charge >= 0.3 is 0 Å². The van der Waals surface area contributed by atoms with Gasteiger partial charge in [0, 0.05) is 30.8 Å². The van der Waals surface area contributed by atoms with E-state index in [2.05, 4.69) is 5.32 Å². The van der Waals surface area contributed by atoms with Gasteiger partial charge in [0.2, 0.25) is 0 Å². The Morgan fingerprint density at radius 1 is 0.900 bits per heavy atom. The van der Waals surface area contributed by atoms with Gasteiger partial charge in [0.1, 0.15) is 11.5 Å². The third-order valence-electron chi connectivity index (χ3n) is 4.69. The number of nitrogens with one attached hydrogen (secondary N) is 1. The monoisotopic (exact) mass is 404 g/mol. The van der Waals surface area contributed by atoms with E-state index in [0.29, 0.717) is 34.9 Å². The van der Waals surface area contributed by atoms with E-state index < -0.39 is 0 Å². The Hall–Kier alpha value is -3.80. The Labute approximate surface area is 176 Å². The summed E-state index contributed by atoms with van der Waals surface area (Å²) in [6, 6.07) is 21.3. The molecule has 0 saturated carbocycles. The number of carbonyl (C=O) groups excluding carboxylic acids is 2. The van der Waals surface area contributed by atoms with Crippen LogP contribution in [0.3, 0.4) is 0 Å². The van der Waals surface area contributed by atoms with Crippen LogP contribution in [0.2, 0.25) is 0 Å². The van der Waals surface area contributed by atoms with Crippen molar-refractivity contribution in [2.24, 2.45) is 0 Å². The number of amides is 2. The summed E-state index contributed by atoms with van der Waals surface area (Å²) in [6.07, 6.45) is 0. The van der Waals surface area contributed by atoms with Gasteiger partial charge in [-0.3, -0.25) is 9.59 Å². The topological polar surface area (TPSA) is 67.9 Å².